The van der Waals surface area contributed by atoms with Crippen LogP contribution >= 0.6 is 0 Å². The van der Waals surface area contributed by atoms with E-state index in [1.54, 1.807) is 0 Å². The fraction of sp³-hybridized carbons (Fsp3) is 0.0488. The van der Waals surface area contributed by atoms with E-state index in [-0.39, 0.29) is 0 Å². The standard InChI is InChI=1S/C41H27N3O/c1-24-21-33-31-19-20-32-29-15-9-10-16-36(29)45-38(32)37(31)30-18-17-28(23-35(30)34(33)22-25(24)2)41-43-39(26-11-5-3-6-12-26)42-40(44-41)27-13-7-4-8-14-27/h3-23H,1-2H3. The smallest absolute Gasteiger partial charge is 0.164 e. The number of furan rings is 1. The fourth-order valence-electron chi connectivity index (χ4n) is 6.60. The van der Waals surface area contributed by atoms with Gasteiger partial charge in [0.05, 0.1) is 0 Å². The van der Waals surface area contributed by atoms with E-state index in [1.165, 1.54) is 27.3 Å². The van der Waals surface area contributed by atoms with Crippen LogP contribution in [0.3, 0.4) is 0 Å². The van der Waals surface area contributed by atoms with Crippen molar-refractivity contribution in [1.29, 1.82) is 0 Å². The van der Waals surface area contributed by atoms with Crippen LogP contribution in [0.2, 0.25) is 0 Å². The fourth-order valence-corrected chi connectivity index (χ4v) is 6.60. The van der Waals surface area contributed by atoms with Gasteiger partial charge in [0.25, 0.3) is 0 Å². The van der Waals surface area contributed by atoms with E-state index in [1.807, 2.05) is 72.8 Å². The molecule has 0 aliphatic heterocycles. The van der Waals surface area contributed by atoms with Gasteiger partial charge in [-0.25, -0.2) is 15.0 Å². The minimum atomic E-state index is 0.642. The first kappa shape index (κ1) is 25.6. The highest BCUT2D eigenvalue weighted by Gasteiger charge is 2.18. The molecule has 4 nitrogen and oxygen atoms in total. The molecule has 7 aromatic carbocycles. The number of fused-ring (bicyclic) bond motifs is 10. The van der Waals surface area contributed by atoms with Crippen molar-refractivity contribution in [3.63, 3.8) is 0 Å². The molecular weight excluding hydrogens is 550 g/mol. The molecule has 0 saturated carbocycles. The summed E-state index contributed by atoms with van der Waals surface area (Å²) in [5, 5.41) is 9.30. The summed E-state index contributed by atoms with van der Waals surface area (Å²) in [6.07, 6.45) is 0. The lowest BCUT2D eigenvalue weighted by Crippen LogP contribution is -2.00. The molecule has 0 spiro atoms. The first-order valence-electron chi connectivity index (χ1n) is 15.2. The van der Waals surface area contributed by atoms with Gasteiger partial charge < -0.3 is 4.42 Å². The first-order chi connectivity index (χ1) is 22.1. The van der Waals surface area contributed by atoms with Gasteiger partial charge in [-0.05, 0) is 70.1 Å². The minimum Gasteiger partial charge on any atom is -0.455 e. The third-order valence-corrected chi connectivity index (χ3v) is 9.01. The molecule has 0 aliphatic rings. The molecule has 0 saturated heterocycles. The Bertz CT molecular complexity index is 2550. The Balaban J connectivity index is 1.37. The van der Waals surface area contributed by atoms with Gasteiger partial charge in [-0.3, -0.25) is 0 Å². The number of hydrogen-bond acceptors (Lipinski definition) is 4. The Morgan fingerprint density at radius 1 is 0.400 bits per heavy atom. The number of benzene rings is 7. The quantitative estimate of drug-likeness (QED) is 0.196. The maximum Gasteiger partial charge on any atom is 0.164 e. The van der Waals surface area contributed by atoms with Crippen molar-refractivity contribution >= 4 is 54.3 Å². The Morgan fingerprint density at radius 3 is 1.53 bits per heavy atom. The summed E-state index contributed by atoms with van der Waals surface area (Å²) in [4.78, 5) is 14.9. The van der Waals surface area contributed by atoms with E-state index in [4.69, 9.17) is 19.4 Å². The number of nitrogens with zero attached hydrogens (tertiary/aromatic N) is 3. The molecule has 9 aromatic rings. The van der Waals surface area contributed by atoms with Crippen molar-refractivity contribution in [2.24, 2.45) is 0 Å². The van der Waals surface area contributed by atoms with Crippen molar-refractivity contribution in [1.82, 2.24) is 15.0 Å². The highest BCUT2D eigenvalue weighted by molar-refractivity contribution is 6.32. The van der Waals surface area contributed by atoms with Gasteiger partial charge in [0, 0.05) is 32.8 Å². The topological polar surface area (TPSA) is 51.8 Å². The number of hydrogen-bond donors (Lipinski definition) is 0. The summed E-state index contributed by atoms with van der Waals surface area (Å²) in [5.41, 5.74) is 7.19. The van der Waals surface area contributed by atoms with Crippen LogP contribution in [0.15, 0.2) is 132 Å². The predicted molar refractivity (Wildman–Crippen MR) is 185 cm³/mol. The van der Waals surface area contributed by atoms with Gasteiger partial charge in [0.2, 0.25) is 0 Å². The molecule has 0 bridgehead atoms. The van der Waals surface area contributed by atoms with Crippen LogP contribution in [0.4, 0.5) is 0 Å². The molecule has 2 aromatic heterocycles. The first-order valence-corrected chi connectivity index (χ1v) is 15.2. The molecule has 0 aliphatic carbocycles. The molecule has 0 N–H and O–H groups in total. The monoisotopic (exact) mass is 577 g/mol. The predicted octanol–water partition coefficient (Wildman–Crippen LogP) is 10.8. The SMILES string of the molecule is Cc1cc2c3cc(-c4nc(-c5ccccc5)nc(-c5ccccc5)n4)ccc3c3c(ccc4c5ccccc5oc43)c2cc1C. The van der Waals surface area contributed by atoms with Crippen LogP contribution < -0.4 is 0 Å². The third kappa shape index (κ3) is 4.03. The number of aryl methyl sites for hydroxylation is 2. The molecule has 2 heterocycles. The van der Waals surface area contributed by atoms with E-state index in [2.05, 4.69) is 68.4 Å². The average Bonchev–Trinajstić information content (AvgIpc) is 3.48. The van der Waals surface area contributed by atoms with Crippen LogP contribution in [0.1, 0.15) is 11.1 Å². The summed E-state index contributed by atoms with van der Waals surface area (Å²) in [6, 6.07) is 44.2. The minimum absolute atomic E-state index is 0.642. The van der Waals surface area contributed by atoms with Gasteiger partial charge in [-0.2, -0.15) is 0 Å². The molecule has 0 radical (unpaired) electrons. The number of rotatable bonds is 3. The van der Waals surface area contributed by atoms with Crippen molar-refractivity contribution in [3.05, 3.63) is 139 Å². The lowest BCUT2D eigenvalue weighted by atomic mass is 9.90. The van der Waals surface area contributed by atoms with Gasteiger partial charge in [0.1, 0.15) is 11.2 Å². The zero-order valence-corrected chi connectivity index (χ0v) is 24.9. The normalized spacial score (nSPS) is 11.8. The highest BCUT2D eigenvalue weighted by Crippen LogP contribution is 2.43. The van der Waals surface area contributed by atoms with E-state index >= 15 is 0 Å². The van der Waals surface area contributed by atoms with Crippen molar-refractivity contribution in [2.75, 3.05) is 0 Å². The lowest BCUT2D eigenvalue weighted by Gasteiger charge is -2.14. The second-order valence-corrected chi connectivity index (χ2v) is 11.7. The largest absolute Gasteiger partial charge is 0.455 e. The molecule has 0 unspecified atom stereocenters. The van der Waals surface area contributed by atoms with Gasteiger partial charge in [-0.15, -0.1) is 0 Å². The summed E-state index contributed by atoms with van der Waals surface area (Å²) < 4.78 is 6.59. The Kier molecular flexibility index (Phi) is 5.59. The molecule has 4 heteroatoms. The van der Waals surface area contributed by atoms with Crippen LogP contribution in [-0.2, 0) is 0 Å². The van der Waals surface area contributed by atoms with E-state index in [0.717, 1.165) is 54.8 Å². The zero-order valence-electron chi connectivity index (χ0n) is 24.9. The van der Waals surface area contributed by atoms with Gasteiger partial charge in [-0.1, -0.05) is 109 Å². The molecule has 9 rings (SSSR count). The van der Waals surface area contributed by atoms with Gasteiger partial charge in [0.15, 0.2) is 17.5 Å². The average molecular weight is 578 g/mol. The molecule has 0 atom stereocenters. The Morgan fingerprint density at radius 2 is 0.889 bits per heavy atom. The summed E-state index contributed by atoms with van der Waals surface area (Å²) >= 11 is 0. The highest BCUT2D eigenvalue weighted by atomic mass is 16.3. The Labute approximate surface area is 259 Å². The van der Waals surface area contributed by atoms with E-state index in [9.17, 15) is 0 Å². The maximum absolute atomic E-state index is 6.59. The van der Waals surface area contributed by atoms with Crippen LogP contribution in [0.25, 0.3) is 88.4 Å². The van der Waals surface area contributed by atoms with Crippen molar-refractivity contribution in [2.45, 2.75) is 13.8 Å². The second kappa shape index (κ2) is 9.83. The van der Waals surface area contributed by atoms with E-state index in [0.29, 0.717) is 17.5 Å². The zero-order chi connectivity index (χ0) is 30.1. The van der Waals surface area contributed by atoms with Crippen LogP contribution in [-0.4, -0.2) is 15.0 Å². The molecule has 0 fully saturated rings. The summed E-state index contributed by atoms with van der Waals surface area (Å²) in [7, 11) is 0. The third-order valence-electron chi connectivity index (χ3n) is 9.01. The maximum atomic E-state index is 6.59. The molecule has 212 valence electrons. The van der Waals surface area contributed by atoms with Gasteiger partial charge >= 0.3 is 0 Å². The van der Waals surface area contributed by atoms with Crippen molar-refractivity contribution in [3.8, 4) is 34.2 Å². The number of aromatic nitrogens is 3. The molecular formula is C41H27N3O. The molecule has 0 amide bonds. The van der Waals surface area contributed by atoms with Crippen LogP contribution in [0.5, 0.6) is 0 Å². The van der Waals surface area contributed by atoms with Crippen molar-refractivity contribution < 1.29 is 4.42 Å². The second-order valence-electron chi connectivity index (χ2n) is 11.7. The van der Waals surface area contributed by atoms with E-state index < -0.39 is 0 Å². The molecule has 45 heavy (non-hydrogen) atoms. The number of para-hydroxylation sites is 1. The summed E-state index contributed by atoms with van der Waals surface area (Å²) in [5.74, 6) is 1.94. The summed E-state index contributed by atoms with van der Waals surface area (Å²) in [6.45, 7) is 4.36. The Hall–Kier alpha value is -5.87. The van der Waals surface area contributed by atoms with Crippen LogP contribution in [0, 0.1) is 13.8 Å². The lowest BCUT2D eigenvalue weighted by molar-refractivity contribution is 0.673.